The Bertz CT molecular complexity index is 589. The Labute approximate surface area is 112 Å². The van der Waals surface area contributed by atoms with E-state index in [1.165, 1.54) is 5.56 Å². The van der Waals surface area contributed by atoms with Crippen LogP contribution in [-0.2, 0) is 13.0 Å². The van der Waals surface area contributed by atoms with E-state index in [1.54, 1.807) is 0 Å². The molecule has 1 aliphatic rings. The van der Waals surface area contributed by atoms with E-state index in [2.05, 4.69) is 19.2 Å². The molecule has 0 aliphatic carbocycles. The molecule has 0 amide bonds. The summed E-state index contributed by atoms with van der Waals surface area (Å²) in [7, 11) is 0. The Morgan fingerprint density at radius 1 is 1.16 bits per heavy atom. The SMILES string of the molecule is CCCc1c(CNCC)oc2cc3c(cc12)OCO3. The van der Waals surface area contributed by atoms with Crippen LogP contribution in [0.4, 0.5) is 0 Å². The van der Waals surface area contributed by atoms with Crippen LogP contribution in [0.3, 0.4) is 0 Å². The zero-order valence-corrected chi connectivity index (χ0v) is 11.4. The second-order valence-electron chi connectivity index (χ2n) is 4.74. The molecule has 0 unspecified atom stereocenters. The van der Waals surface area contributed by atoms with E-state index in [-0.39, 0.29) is 0 Å². The van der Waals surface area contributed by atoms with Crippen molar-refractivity contribution in [3.8, 4) is 11.5 Å². The van der Waals surface area contributed by atoms with E-state index in [1.807, 2.05) is 12.1 Å². The lowest BCUT2D eigenvalue weighted by Crippen LogP contribution is -2.12. The fourth-order valence-corrected chi connectivity index (χ4v) is 2.49. The first kappa shape index (κ1) is 12.4. The molecule has 4 heteroatoms. The van der Waals surface area contributed by atoms with E-state index < -0.39 is 0 Å². The molecule has 0 fully saturated rings. The van der Waals surface area contributed by atoms with Crippen molar-refractivity contribution in [1.29, 1.82) is 0 Å². The van der Waals surface area contributed by atoms with Crippen LogP contribution in [0.2, 0.25) is 0 Å². The lowest BCUT2D eigenvalue weighted by atomic mass is 10.1. The van der Waals surface area contributed by atoms with Gasteiger partial charge in [-0.25, -0.2) is 0 Å². The lowest BCUT2D eigenvalue weighted by Gasteiger charge is -2.02. The summed E-state index contributed by atoms with van der Waals surface area (Å²) in [5.74, 6) is 2.63. The summed E-state index contributed by atoms with van der Waals surface area (Å²) in [5, 5.41) is 4.48. The molecule has 0 spiro atoms. The molecule has 0 saturated heterocycles. The van der Waals surface area contributed by atoms with Gasteiger partial charge in [0.25, 0.3) is 0 Å². The number of benzene rings is 1. The number of fused-ring (bicyclic) bond motifs is 2. The second kappa shape index (κ2) is 5.13. The van der Waals surface area contributed by atoms with Gasteiger partial charge < -0.3 is 19.2 Å². The number of hydrogen-bond acceptors (Lipinski definition) is 4. The molecule has 102 valence electrons. The van der Waals surface area contributed by atoms with Crippen LogP contribution in [-0.4, -0.2) is 13.3 Å². The molecule has 0 bridgehead atoms. The number of aryl methyl sites for hydroxylation is 1. The van der Waals surface area contributed by atoms with Crippen molar-refractivity contribution in [3.05, 3.63) is 23.5 Å². The topological polar surface area (TPSA) is 43.6 Å². The normalized spacial score (nSPS) is 13.4. The third kappa shape index (κ3) is 2.16. The highest BCUT2D eigenvalue weighted by molar-refractivity contribution is 5.86. The fraction of sp³-hybridized carbons (Fsp3) is 0.467. The number of furan rings is 1. The molecule has 1 N–H and O–H groups in total. The molecular formula is C15H19NO3. The van der Waals surface area contributed by atoms with Crippen LogP contribution in [0, 0.1) is 0 Å². The van der Waals surface area contributed by atoms with Crippen LogP contribution >= 0.6 is 0 Å². The van der Waals surface area contributed by atoms with Gasteiger partial charge in [0.05, 0.1) is 6.54 Å². The monoisotopic (exact) mass is 261 g/mol. The van der Waals surface area contributed by atoms with Crippen molar-refractivity contribution in [2.24, 2.45) is 0 Å². The van der Waals surface area contributed by atoms with E-state index in [0.29, 0.717) is 6.79 Å². The molecule has 2 heterocycles. The van der Waals surface area contributed by atoms with Gasteiger partial charge >= 0.3 is 0 Å². The van der Waals surface area contributed by atoms with Crippen molar-refractivity contribution in [2.75, 3.05) is 13.3 Å². The average Bonchev–Trinajstić information content (AvgIpc) is 2.99. The van der Waals surface area contributed by atoms with E-state index >= 15 is 0 Å². The summed E-state index contributed by atoms with van der Waals surface area (Å²) in [4.78, 5) is 0. The maximum atomic E-state index is 5.98. The smallest absolute Gasteiger partial charge is 0.231 e. The van der Waals surface area contributed by atoms with Crippen molar-refractivity contribution < 1.29 is 13.9 Å². The van der Waals surface area contributed by atoms with Gasteiger partial charge in [0.1, 0.15) is 11.3 Å². The van der Waals surface area contributed by atoms with Gasteiger partial charge in [0.2, 0.25) is 6.79 Å². The summed E-state index contributed by atoms with van der Waals surface area (Å²) in [6, 6.07) is 3.98. The van der Waals surface area contributed by atoms with Crippen LogP contribution in [0.15, 0.2) is 16.5 Å². The molecular weight excluding hydrogens is 242 g/mol. The molecule has 3 rings (SSSR count). The van der Waals surface area contributed by atoms with Gasteiger partial charge in [0, 0.05) is 17.0 Å². The molecule has 0 saturated carbocycles. The molecule has 19 heavy (non-hydrogen) atoms. The number of ether oxygens (including phenoxy) is 2. The van der Waals surface area contributed by atoms with Crippen LogP contribution < -0.4 is 14.8 Å². The summed E-state index contributed by atoms with van der Waals surface area (Å²) in [6.07, 6.45) is 2.12. The van der Waals surface area contributed by atoms with Crippen molar-refractivity contribution in [3.63, 3.8) is 0 Å². The van der Waals surface area contributed by atoms with Gasteiger partial charge in [-0.05, 0) is 19.0 Å². The van der Waals surface area contributed by atoms with Gasteiger partial charge in [-0.1, -0.05) is 20.3 Å². The highest BCUT2D eigenvalue weighted by Crippen LogP contribution is 2.39. The van der Waals surface area contributed by atoms with Crippen LogP contribution in [0.25, 0.3) is 11.0 Å². The highest BCUT2D eigenvalue weighted by atomic mass is 16.7. The Kier molecular flexibility index (Phi) is 3.34. The number of rotatable bonds is 5. The minimum absolute atomic E-state index is 0.301. The minimum Gasteiger partial charge on any atom is -0.459 e. The zero-order valence-electron chi connectivity index (χ0n) is 11.4. The molecule has 2 aromatic rings. The minimum atomic E-state index is 0.301. The third-order valence-corrected chi connectivity index (χ3v) is 3.41. The Morgan fingerprint density at radius 2 is 1.95 bits per heavy atom. The van der Waals surface area contributed by atoms with Crippen LogP contribution in [0.1, 0.15) is 31.6 Å². The molecule has 0 atom stereocenters. The third-order valence-electron chi connectivity index (χ3n) is 3.41. The fourth-order valence-electron chi connectivity index (χ4n) is 2.49. The Morgan fingerprint density at radius 3 is 2.68 bits per heavy atom. The molecule has 1 aliphatic heterocycles. The summed E-state index contributed by atoms with van der Waals surface area (Å²) in [5.41, 5.74) is 2.18. The summed E-state index contributed by atoms with van der Waals surface area (Å²) < 4.78 is 16.8. The summed E-state index contributed by atoms with van der Waals surface area (Å²) in [6.45, 7) is 6.29. The zero-order chi connectivity index (χ0) is 13.2. The Hall–Kier alpha value is -1.68. The van der Waals surface area contributed by atoms with Crippen molar-refractivity contribution in [2.45, 2.75) is 33.2 Å². The number of hydrogen-bond donors (Lipinski definition) is 1. The predicted molar refractivity (Wildman–Crippen MR) is 73.7 cm³/mol. The van der Waals surface area contributed by atoms with Crippen molar-refractivity contribution >= 4 is 11.0 Å². The number of nitrogens with one attached hydrogen (secondary N) is 1. The first-order chi connectivity index (χ1) is 9.33. The first-order valence-electron chi connectivity index (χ1n) is 6.88. The van der Waals surface area contributed by atoms with Gasteiger partial charge in [0.15, 0.2) is 11.5 Å². The quantitative estimate of drug-likeness (QED) is 0.897. The highest BCUT2D eigenvalue weighted by Gasteiger charge is 2.20. The molecule has 1 aromatic heterocycles. The first-order valence-corrected chi connectivity index (χ1v) is 6.88. The standard InChI is InChI=1S/C15H19NO3/c1-3-5-10-11-6-13-14(18-9-17-13)7-12(11)19-15(10)8-16-4-2/h6-7,16H,3-5,8-9H2,1-2H3. The lowest BCUT2D eigenvalue weighted by molar-refractivity contribution is 0.174. The summed E-state index contributed by atoms with van der Waals surface area (Å²) >= 11 is 0. The maximum absolute atomic E-state index is 5.98. The van der Waals surface area contributed by atoms with Gasteiger partial charge in [-0.2, -0.15) is 0 Å². The van der Waals surface area contributed by atoms with Crippen LogP contribution in [0.5, 0.6) is 11.5 Å². The Balaban J connectivity index is 2.08. The molecule has 1 aromatic carbocycles. The molecule has 4 nitrogen and oxygen atoms in total. The van der Waals surface area contributed by atoms with E-state index in [4.69, 9.17) is 13.9 Å². The van der Waals surface area contributed by atoms with Gasteiger partial charge in [-0.15, -0.1) is 0 Å². The predicted octanol–water partition coefficient (Wildman–Crippen LogP) is 3.22. The van der Waals surface area contributed by atoms with E-state index in [9.17, 15) is 0 Å². The largest absolute Gasteiger partial charge is 0.459 e. The van der Waals surface area contributed by atoms with Crippen molar-refractivity contribution in [1.82, 2.24) is 5.32 Å². The second-order valence-corrected chi connectivity index (χ2v) is 4.74. The average molecular weight is 261 g/mol. The molecule has 0 radical (unpaired) electrons. The van der Waals surface area contributed by atoms with E-state index in [0.717, 1.165) is 54.2 Å². The van der Waals surface area contributed by atoms with Gasteiger partial charge in [-0.3, -0.25) is 0 Å². The maximum Gasteiger partial charge on any atom is 0.231 e.